The first kappa shape index (κ1) is 24.0. The maximum Gasteiger partial charge on any atom is 0.433 e. The van der Waals surface area contributed by atoms with Crippen LogP contribution < -0.4 is 17.1 Å². The van der Waals surface area contributed by atoms with Crippen LogP contribution in [0.1, 0.15) is 33.4 Å². The van der Waals surface area contributed by atoms with Crippen LogP contribution in [0.3, 0.4) is 0 Å². The molecule has 0 fully saturated rings. The molecule has 12 heteroatoms. The van der Waals surface area contributed by atoms with Crippen molar-refractivity contribution >= 4 is 29.1 Å². The molecule has 30 heavy (non-hydrogen) atoms. The Morgan fingerprint density at radius 2 is 1.73 bits per heavy atom. The third kappa shape index (κ3) is 4.72. The summed E-state index contributed by atoms with van der Waals surface area (Å²) in [7, 11) is 0. The average molecular weight is 468 g/mol. The van der Waals surface area contributed by atoms with Crippen molar-refractivity contribution in [3.05, 3.63) is 55.6 Å². The van der Waals surface area contributed by atoms with Crippen molar-refractivity contribution in [2.75, 3.05) is 5.84 Å². The van der Waals surface area contributed by atoms with Crippen molar-refractivity contribution in [1.82, 2.24) is 9.24 Å². The number of nitrogen functional groups attached to an aromatic ring is 1. The molecular weight excluding hydrogens is 450 g/mol. The zero-order chi connectivity index (χ0) is 23.2. The molecule has 0 radical (unpaired) electrons. The average Bonchev–Trinajstić information content (AvgIpc) is 2.56. The van der Waals surface area contributed by atoms with Crippen molar-refractivity contribution in [1.29, 1.82) is 0 Å². The summed E-state index contributed by atoms with van der Waals surface area (Å²) in [5.41, 5.74) is -5.84. The molecule has 2 N–H and O–H groups in total. The van der Waals surface area contributed by atoms with Crippen LogP contribution in [-0.4, -0.2) is 20.3 Å². The summed E-state index contributed by atoms with van der Waals surface area (Å²) in [4.78, 5) is 36.8. The molecule has 2 aromatic rings. The minimum absolute atomic E-state index is 0.0928. The lowest BCUT2D eigenvalue weighted by Gasteiger charge is -2.28. The SMILES string of the molecule is CC(=O)C(Sc1cc(-n2c(=O)cc(C(F)(F)F)n(N)c2=O)c(F)cc1Cl)C(C)(C)C. The standard InChI is InChI=1S/C18H18ClF4N3O3S/c1-8(27)15(17(2,3)4)30-12-6-11(10(20)5-9(12)19)25-14(28)7-13(18(21,22)23)26(24)16(25)29/h5-7,15H,24H2,1-4H3. The topological polar surface area (TPSA) is 87.1 Å². The maximum atomic E-state index is 14.5. The molecular formula is C18H18ClF4N3O3S. The van der Waals surface area contributed by atoms with Crippen molar-refractivity contribution in [3.63, 3.8) is 0 Å². The predicted octanol–water partition coefficient (Wildman–Crippen LogP) is 3.62. The van der Waals surface area contributed by atoms with E-state index in [1.165, 1.54) is 6.92 Å². The zero-order valence-corrected chi connectivity index (χ0v) is 17.9. The summed E-state index contributed by atoms with van der Waals surface area (Å²) < 4.78 is 53.3. The number of thioether (sulfide) groups is 1. The molecule has 2 rings (SSSR count). The van der Waals surface area contributed by atoms with Crippen molar-refractivity contribution in [3.8, 4) is 5.69 Å². The molecule has 1 aromatic carbocycles. The second kappa shape index (κ2) is 8.10. The summed E-state index contributed by atoms with van der Waals surface area (Å²) in [6.07, 6.45) is -5.06. The lowest BCUT2D eigenvalue weighted by Crippen LogP contribution is -2.45. The number of nitrogens with two attached hydrogens (primary N) is 1. The highest BCUT2D eigenvalue weighted by atomic mass is 35.5. The number of halogens is 5. The molecule has 0 aliphatic carbocycles. The van der Waals surface area contributed by atoms with Gasteiger partial charge < -0.3 is 5.84 Å². The van der Waals surface area contributed by atoms with Crippen LogP contribution in [0.15, 0.2) is 32.7 Å². The first-order chi connectivity index (χ1) is 13.6. The van der Waals surface area contributed by atoms with Gasteiger partial charge in [-0.25, -0.2) is 18.4 Å². The Balaban J connectivity index is 2.73. The van der Waals surface area contributed by atoms with E-state index in [1.54, 1.807) is 20.8 Å². The Morgan fingerprint density at radius 3 is 2.20 bits per heavy atom. The molecule has 1 unspecified atom stereocenters. The molecule has 164 valence electrons. The maximum absolute atomic E-state index is 14.5. The molecule has 6 nitrogen and oxygen atoms in total. The molecule has 0 spiro atoms. The molecule has 0 bridgehead atoms. The number of carbonyl (C=O) groups excluding carboxylic acids is 1. The molecule has 1 aromatic heterocycles. The largest absolute Gasteiger partial charge is 0.433 e. The Hall–Kier alpha value is -2.27. The Kier molecular flexibility index (Phi) is 6.48. The molecule has 1 atom stereocenters. The van der Waals surface area contributed by atoms with E-state index in [-0.39, 0.29) is 31.0 Å². The number of hydrogen-bond donors (Lipinski definition) is 1. The fourth-order valence-electron chi connectivity index (χ4n) is 2.77. The van der Waals surface area contributed by atoms with Crippen molar-refractivity contribution in [2.45, 2.75) is 44.0 Å². The van der Waals surface area contributed by atoms with Gasteiger partial charge in [0.1, 0.15) is 11.6 Å². The number of aromatic nitrogens is 2. The van der Waals surface area contributed by atoms with Gasteiger partial charge in [0.2, 0.25) is 0 Å². The van der Waals surface area contributed by atoms with E-state index in [0.29, 0.717) is 0 Å². The van der Waals surface area contributed by atoms with Gasteiger partial charge in [-0.05, 0) is 24.5 Å². The smallest absolute Gasteiger partial charge is 0.335 e. The Labute approximate surface area is 177 Å². The number of hydrogen-bond acceptors (Lipinski definition) is 5. The van der Waals surface area contributed by atoms with Gasteiger partial charge in [0.05, 0.1) is 16.0 Å². The van der Waals surface area contributed by atoms with E-state index in [2.05, 4.69) is 0 Å². The van der Waals surface area contributed by atoms with Gasteiger partial charge in [-0.2, -0.15) is 13.2 Å². The van der Waals surface area contributed by atoms with E-state index >= 15 is 0 Å². The van der Waals surface area contributed by atoms with Crippen LogP contribution in [0.25, 0.3) is 5.69 Å². The van der Waals surface area contributed by atoms with Crippen LogP contribution >= 0.6 is 23.4 Å². The lowest BCUT2D eigenvalue weighted by atomic mass is 9.90. The Bertz CT molecular complexity index is 1120. The summed E-state index contributed by atoms with van der Waals surface area (Å²) in [5, 5.41) is -0.700. The van der Waals surface area contributed by atoms with E-state index in [4.69, 9.17) is 17.4 Å². The highest BCUT2D eigenvalue weighted by Gasteiger charge is 2.36. The fourth-order valence-corrected chi connectivity index (χ4v) is 4.18. The zero-order valence-electron chi connectivity index (χ0n) is 16.3. The van der Waals surface area contributed by atoms with Gasteiger partial charge in [-0.15, -0.1) is 11.8 Å². The van der Waals surface area contributed by atoms with Gasteiger partial charge in [0, 0.05) is 11.0 Å². The quantitative estimate of drug-likeness (QED) is 0.421. The highest BCUT2D eigenvalue weighted by Crippen LogP contribution is 2.40. The van der Waals surface area contributed by atoms with Crippen LogP contribution in [0.2, 0.25) is 5.02 Å². The molecule has 1 heterocycles. The van der Waals surface area contributed by atoms with Gasteiger partial charge in [-0.3, -0.25) is 9.59 Å². The number of nitrogens with zero attached hydrogens (tertiary/aromatic N) is 2. The van der Waals surface area contributed by atoms with Crippen molar-refractivity contribution in [2.24, 2.45) is 5.41 Å². The third-order valence-corrected chi connectivity index (χ3v) is 6.36. The van der Waals surface area contributed by atoms with Crippen molar-refractivity contribution < 1.29 is 22.4 Å². The minimum Gasteiger partial charge on any atom is -0.335 e. The summed E-state index contributed by atoms with van der Waals surface area (Å²) in [6.45, 7) is 6.78. The van der Waals surface area contributed by atoms with E-state index in [9.17, 15) is 31.9 Å². The summed E-state index contributed by atoms with van der Waals surface area (Å²) in [6, 6.07) is 1.93. The lowest BCUT2D eigenvalue weighted by molar-refractivity contribution is -0.143. The summed E-state index contributed by atoms with van der Waals surface area (Å²) in [5.74, 6) is 3.88. The fraction of sp³-hybridized carbons (Fsp3) is 0.389. The second-order valence-corrected chi connectivity index (χ2v) is 9.12. The molecule has 0 aliphatic rings. The predicted molar refractivity (Wildman–Crippen MR) is 106 cm³/mol. The van der Waals surface area contributed by atoms with E-state index in [1.807, 2.05) is 0 Å². The van der Waals surface area contributed by atoms with E-state index < -0.39 is 45.3 Å². The number of Topliss-reactive ketones (excluding diaryl/α,β-unsaturated/α-hetero) is 1. The first-order valence-corrected chi connectivity index (χ1v) is 9.69. The van der Waals surface area contributed by atoms with Gasteiger partial charge in [0.15, 0.2) is 5.69 Å². The van der Waals surface area contributed by atoms with Crippen LogP contribution in [0.5, 0.6) is 0 Å². The van der Waals surface area contributed by atoms with Crippen LogP contribution in [0.4, 0.5) is 17.6 Å². The monoisotopic (exact) mass is 467 g/mol. The third-order valence-electron chi connectivity index (χ3n) is 4.07. The normalized spacial score (nSPS) is 13.4. The molecule has 0 saturated carbocycles. The number of alkyl halides is 3. The second-order valence-electron chi connectivity index (χ2n) is 7.56. The molecule has 0 saturated heterocycles. The molecule has 0 aliphatic heterocycles. The first-order valence-electron chi connectivity index (χ1n) is 8.43. The Morgan fingerprint density at radius 1 is 1.17 bits per heavy atom. The van der Waals surface area contributed by atoms with Crippen LogP contribution in [-0.2, 0) is 11.0 Å². The number of rotatable bonds is 4. The summed E-state index contributed by atoms with van der Waals surface area (Å²) >= 11 is 7.06. The number of carbonyl (C=O) groups is 1. The van der Waals surface area contributed by atoms with E-state index in [0.717, 1.165) is 23.9 Å². The highest BCUT2D eigenvalue weighted by molar-refractivity contribution is 8.00. The van der Waals surface area contributed by atoms with Gasteiger partial charge in [-0.1, -0.05) is 32.4 Å². The van der Waals surface area contributed by atoms with Gasteiger partial charge in [0.25, 0.3) is 5.56 Å². The number of benzene rings is 1. The van der Waals surface area contributed by atoms with Gasteiger partial charge >= 0.3 is 11.9 Å². The number of ketones is 1. The molecule has 0 amide bonds. The van der Waals surface area contributed by atoms with Crippen LogP contribution in [0, 0.1) is 11.2 Å². The minimum atomic E-state index is -5.06.